The molecular weight excluding hydrogens is 624 g/mol. The first-order valence-corrected chi connectivity index (χ1v) is 16.4. The van der Waals surface area contributed by atoms with Crippen molar-refractivity contribution in [3.05, 3.63) is 119 Å². The van der Waals surface area contributed by atoms with Crippen molar-refractivity contribution in [3.63, 3.8) is 0 Å². The number of carbonyl (C=O) groups excluding carboxylic acids is 2. The number of benzene rings is 4. The molecule has 0 bridgehead atoms. The fourth-order valence-corrected chi connectivity index (χ4v) is 5.77. The molecule has 11 heteroatoms. The topological polar surface area (TPSA) is 167 Å². The zero-order valence-electron chi connectivity index (χ0n) is 27.5. The van der Waals surface area contributed by atoms with Crippen molar-refractivity contribution < 1.29 is 34.4 Å². The van der Waals surface area contributed by atoms with Crippen LogP contribution in [0.4, 0.5) is 17.1 Å². The number of aliphatic hydroxyl groups excluding tert-OH is 2. The molecule has 1 fully saturated rings. The Bertz CT molecular complexity index is 1680. The number of hydrogen-bond donors (Lipinski definition) is 6. The van der Waals surface area contributed by atoms with E-state index < -0.39 is 12.4 Å². The summed E-state index contributed by atoms with van der Waals surface area (Å²) in [7, 11) is 1.91. The summed E-state index contributed by atoms with van der Waals surface area (Å²) in [5, 5.41) is 35.8. The molecule has 4 aromatic carbocycles. The molecule has 4 aromatic rings. The van der Waals surface area contributed by atoms with Crippen LogP contribution in [0.25, 0.3) is 0 Å². The number of phenols is 1. The van der Waals surface area contributed by atoms with E-state index in [1.165, 1.54) is 0 Å². The largest absolute Gasteiger partial charge is 0.508 e. The third-order valence-electron chi connectivity index (χ3n) is 8.38. The minimum atomic E-state index is -0.789. The monoisotopic (exact) mass is 668 g/mol. The van der Waals surface area contributed by atoms with Crippen LogP contribution in [0.5, 0.6) is 5.75 Å². The third kappa shape index (κ3) is 10.4. The molecule has 0 aliphatic carbocycles. The van der Waals surface area contributed by atoms with Crippen molar-refractivity contribution in [1.29, 1.82) is 0 Å². The first-order chi connectivity index (χ1) is 23.7. The van der Waals surface area contributed by atoms with Crippen LogP contribution in [-0.4, -0.2) is 58.3 Å². The third-order valence-corrected chi connectivity index (χ3v) is 8.38. The second-order valence-electron chi connectivity index (χ2n) is 12.3. The van der Waals surface area contributed by atoms with E-state index in [4.69, 9.17) is 15.2 Å². The van der Waals surface area contributed by atoms with E-state index >= 15 is 0 Å². The van der Waals surface area contributed by atoms with Crippen molar-refractivity contribution in [1.82, 2.24) is 4.90 Å². The standard InChI is InChI=1S/C38H44N4O7/c1-42(23-34(45)28-6-4-7-30(44)20-28)22-31-21-35(26-14-12-25(24-43)13-15-26)49-38(48-31)27-16-18-29(19-17-27)40-36(46)10-5-11-37(47)41-33-9-3-2-8-32(33)39/h2-4,6-9,12-20,31,34-35,38,43-45H,5,10-11,21-24,39H2,1H3,(H,40,46)(H,41,47)/t31-,34+,35+,38+/m0/s1. The molecule has 1 heterocycles. The van der Waals surface area contributed by atoms with Crippen LogP contribution in [0.3, 0.4) is 0 Å². The molecule has 11 nitrogen and oxygen atoms in total. The maximum absolute atomic E-state index is 12.6. The van der Waals surface area contributed by atoms with E-state index in [2.05, 4.69) is 10.6 Å². The number of carbonyl (C=O) groups is 2. The second kappa shape index (κ2) is 17.0. The van der Waals surface area contributed by atoms with E-state index in [1.807, 2.05) is 48.3 Å². The Morgan fingerprint density at radius 2 is 1.59 bits per heavy atom. The quantitative estimate of drug-likeness (QED) is 0.0962. The van der Waals surface area contributed by atoms with Crippen LogP contribution in [0.2, 0.25) is 0 Å². The molecule has 49 heavy (non-hydrogen) atoms. The average molecular weight is 669 g/mol. The van der Waals surface area contributed by atoms with Crippen molar-refractivity contribution in [2.45, 2.75) is 56.9 Å². The molecule has 258 valence electrons. The number of phenolic OH excluding ortho intramolecular Hbond substituents is 1. The molecule has 4 atom stereocenters. The summed E-state index contributed by atoms with van der Waals surface area (Å²) >= 11 is 0. The number of nitrogens with one attached hydrogen (secondary N) is 2. The highest BCUT2D eigenvalue weighted by molar-refractivity contribution is 5.94. The lowest BCUT2D eigenvalue weighted by atomic mass is 9.99. The molecule has 7 N–H and O–H groups in total. The molecule has 0 spiro atoms. The number of aliphatic hydroxyl groups is 2. The zero-order chi connectivity index (χ0) is 34.8. The number of para-hydroxylation sites is 2. The summed E-state index contributed by atoms with van der Waals surface area (Å²) in [6, 6.07) is 28.5. The van der Waals surface area contributed by atoms with Crippen LogP contribution >= 0.6 is 0 Å². The van der Waals surface area contributed by atoms with Crippen molar-refractivity contribution in [2.75, 3.05) is 36.5 Å². The maximum Gasteiger partial charge on any atom is 0.224 e. The van der Waals surface area contributed by atoms with Gasteiger partial charge in [0, 0.05) is 43.6 Å². The Morgan fingerprint density at radius 3 is 2.29 bits per heavy atom. The van der Waals surface area contributed by atoms with Crippen LogP contribution < -0.4 is 16.4 Å². The van der Waals surface area contributed by atoms with E-state index in [0.717, 1.165) is 16.7 Å². The summed E-state index contributed by atoms with van der Waals surface area (Å²) in [5.74, 6) is -0.306. The highest BCUT2D eigenvalue weighted by atomic mass is 16.7. The van der Waals surface area contributed by atoms with E-state index in [-0.39, 0.29) is 49.2 Å². The SMILES string of the molecule is CN(C[C@@H]1C[C@H](c2ccc(CO)cc2)O[C@H](c2ccc(NC(=O)CCCC(=O)Nc3ccccc3N)cc2)O1)C[C@@H](O)c1cccc(O)c1. The van der Waals surface area contributed by atoms with Crippen molar-refractivity contribution >= 4 is 28.9 Å². The number of anilines is 3. The van der Waals surface area contributed by atoms with Crippen molar-refractivity contribution in [3.8, 4) is 5.75 Å². The number of aromatic hydroxyl groups is 1. The Morgan fingerprint density at radius 1 is 0.898 bits per heavy atom. The predicted octanol–water partition coefficient (Wildman–Crippen LogP) is 5.43. The van der Waals surface area contributed by atoms with Gasteiger partial charge in [-0.3, -0.25) is 9.59 Å². The Kier molecular flexibility index (Phi) is 12.4. The maximum atomic E-state index is 12.6. The Hall–Kier alpha value is -4.78. The smallest absolute Gasteiger partial charge is 0.224 e. The molecule has 1 saturated heterocycles. The molecule has 5 rings (SSSR count). The zero-order valence-corrected chi connectivity index (χ0v) is 27.5. The minimum Gasteiger partial charge on any atom is -0.508 e. The van der Waals surface area contributed by atoms with Gasteiger partial charge in [0.1, 0.15) is 5.75 Å². The lowest BCUT2D eigenvalue weighted by Crippen LogP contribution is -2.39. The average Bonchev–Trinajstić information content (AvgIpc) is 3.09. The van der Waals surface area contributed by atoms with Crippen LogP contribution in [-0.2, 0) is 25.7 Å². The van der Waals surface area contributed by atoms with Gasteiger partial charge >= 0.3 is 0 Å². The number of likely N-dealkylation sites (N-methyl/N-ethyl adjacent to an activating group) is 1. The molecule has 1 aliphatic heterocycles. The second-order valence-corrected chi connectivity index (χ2v) is 12.3. The number of nitrogen functional groups attached to an aromatic ring is 1. The predicted molar refractivity (Wildman–Crippen MR) is 187 cm³/mol. The molecule has 0 saturated carbocycles. The van der Waals surface area contributed by atoms with Crippen LogP contribution in [0.15, 0.2) is 97.1 Å². The van der Waals surface area contributed by atoms with E-state index in [9.17, 15) is 24.9 Å². The highest BCUT2D eigenvalue weighted by Gasteiger charge is 2.33. The van der Waals surface area contributed by atoms with Crippen LogP contribution in [0.1, 0.15) is 66.4 Å². The molecular formula is C38H44N4O7. The number of ether oxygens (including phenoxy) is 2. The van der Waals surface area contributed by atoms with Gasteiger partial charge in [-0.15, -0.1) is 0 Å². The Labute approximate surface area is 286 Å². The molecule has 1 aliphatic rings. The first kappa shape index (κ1) is 35.5. The van der Waals surface area contributed by atoms with Crippen LogP contribution in [0, 0.1) is 0 Å². The lowest BCUT2D eigenvalue weighted by Gasteiger charge is -2.38. The van der Waals surface area contributed by atoms with Gasteiger partial charge in [0.05, 0.1) is 36.3 Å². The molecule has 0 unspecified atom stereocenters. The summed E-state index contributed by atoms with van der Waals surface area (Å²) in [5.41, 5.74) is 10.7. The van der Waals surface area contributed by atoms with Gasteiger partial charge in [0.25, 0.3) is 0 Å². The normalized spacial score (nSPS) is 18.2. The van der Waals surface area contributed by atoms with E-state index in [1.54, 1.807) is 60.7 Å². The number of nitrogens with two attached hydrogens (primary N) is 1. The first-order valence-electron chi connectivity index (χ1n) is 16.4. The minimum absolute atomic E-state index is 0.0471. The van der Waals surface area contributed by atoms with Gasteiger partial charge in [-0.25, -0.2) is 0 Å². The molecule has 0 radical (unpaired) electrons. The van der Waals surface area contributed by atoms with Gasteiger partial charge in [0.15, 0.2) is 6.29 Å². The Balaban J connectivity index is 1.18. The van der Waals surface area contributed by atoms with Gasteiger partial charge in [-0.2, -0.15) is 0 Å². The summed E-state index contributed by atoms with van der Waals surface area (Å²) < 4.78 is 12.9. The van der Waals surface area contributed by atoms with Crippen molar-refractivity contribution in [2.24, 2.45) is 0 Å². The van der Waals surface area contributed by atoms with E-state index in [0.29, 0.717) is 48.6 Å². The van der Waals surface area contributed by atoms with Gasteiger partial charge in [-0.1, -0.05) is 60.7 Å². The lowest BCUT2D eigenvalue weighted by molar-refractivity contribution is -0.252. The van der Waals surface area contributed by atoms with Gasteiger partial charge < -0.3 is 46.1 Å². The highest BCUT2D eigenvalue weighted by Crippen LogP contribution is 2.38. The number of hydrogen-bond acceptors (Lipinski definition) is 9. The number of amides is 2. The summed E-state index contributed by atoms with van der Waals surface area (Å²) in [6.45, 7) is 0.811. The summed E-state index contributed by atoms with van der Waals surface area (Å²) in [4.78, 5) is 26.9. The van der Waals surface area contributed by atoms with Gasteiger partial charge in [-0.05, 0) is 66.6 Å². The summed E-state index contributed by atoms with van der Waals surface area (Å²) in [6.07, 6.45) is -0.670. The fourth-order valence-electron chi connectivity index (χ4n) is 5.77. The fraction of sp³-hybridized carbons (Fsp3) is 0.316. The molecule has 2 amide bonds. The molecule has 0 aromatic heterocycles. The number of rotatable bonds is 14. The number of nitrogens with zero attached hydrogens (tertiary/aromatic N) is 1. The van der Waals surface area contributed by atoms with Gasteiger partial charge in [0.2, 0.25) is 11.8 Å².